The Balaban J connectivity index is 2.68. The van der Waals surface area contributed by atoms with Crippen LogP contribution in [0.2, 0.25) is 0 Å². The molecule has 0 bridgehead atoms. The van der Waals surface area contributed by atoms with Crippen molar-refractivity contribution in [2.24, 2.45) is 0 Å². The molecule has 1 N–H and O–H groups in total. The van der Waals surface area contributed by atoms with E-state index in [-0.39, 0.29) is 0 Å². The maximum absolute atomic E-state index is 4.31. The first-order chi connectivity index (χ1) is 5.79. The number of rotatable bonds is 1. The molecule has 1 aromatic rings. The van der Waals surface area contributed by atoms with Gasteiger partial charge in [-0.3, -0.25) is 5.10 Å². The molecular formula is C10H14N2. The van der Waals surface area contributed by atoms with E-state index in [1.54, 1.807) is 0 Å². The minimum atomic E-state index is 0.521. The lowest BCUT2D eigenvalue weighted by molar-refractivity contribution is 0.804. The van der Waals surface area contributed by atoms with Crippen LogP contribution in [0.1, 0.15) is 38.3 Å². The standard InChI is InChI=1S/C10H14N2/c1-7(2)10-8-5-3-4-6-9(8)11-12-10/h5-7,11H,3-4H2,1-2H3. The molecule has 0 radical (unpaired) electrons. The third kappa shape index (κ3) is 1.07. The fourth-order valence-electron chi connectivity index (χ4n) is 1.64. The molecule has 2 rings (SSSR count). The molecule has 1 heterocycles. The van der Waals surface area contributed by atoms with Gasteiger partial charge in [0.1, 0.15) is 0 Å². The molecule has 64 valence electrons. The second kappa shape index (κ2) is 2.77. The summed E-state index contributed by atoms with van der Waals surface area (Å²) in [6.45, 7) is 4.36. The number of hydrogen-bond acceptors (Lipinski definition) is 1. The number of H-pyrrole nitrogens is 1. The van der Waals surface area contributed by atoms with Gasteiger partial charge in [-0.05, 0) is 18.8 Å². The van der Waals surface area contributed by atoms with Gasteiger partial charge in [0.2, 0.25) is 0 Å². The summed E-state index contributed by atoms with van der Waals surface area (Å²) in [6.07, 6.45) is 6.82. The van der Waals surface area contributed by atoms with Gasteiger partial charge in [-0.1, -0.05) is 26.0 Å². The summed E-state index contributed by atoms with van der Waals surface area (Å²) in [5.41, 5.74) is 1.21. The van der Waals surface area contributed by atoms with Crippen molar-refractivity contribution in [3.8, 4) is 0 Å². The van der Waals surface area contributed by atoms with Gasteiger partial charge in [-0.2, -0.15) is 5.10 Å². The molecule has 0 saturated carbocycles. The van der Waals surface area contributed by atoms with Crippen LogP contribution in [-0.2, 0) is 0 Å². The second-order valence-electron chi connectivity index (χ2n) is 3.58. The minimum Gasteiger partial charge on any atom is -0.278 e. The monoisotopic (exact) mass is 162 g/mol. The number of aromatic nitrogens is 2. The molecule has 12 heavy (non-hydrogen) atoms. The number of nitrogens with zero attached hydrogens (tertiary/aromatic N) is 1. The van der Waals surface area contributed by atoms with E-state index in [4.69, 9.17) is 0 Å². The van der Waals surface area contributed by atoms with Crippen LogP contribution in [0.5, 0.6) is 0 Å². The van der Waals surface area contributed by atoms with Crippen molar-refractivity contribution in [3.05, 3.63) is 16.3 Å². The lowest BCUT2D eigenvalue weighted by Gasteiger charge is -1.99. The van der Waals surface area contributed by atoms with Crippen LogP contribution >= 0.6 is 0 Å². The fraction of sp³-hybridized carbons (Fsp3) is 0.500. The summed E-state index contributed by atoms with van der Waals surface area (Å²) in [5, 5.41) is 9.92. The maximum atomic E-state index is 4.31. The fourth-order valence-corrected chi connectivity index (χ4v) is 1.64. The van der Waals surface area contributed by atoms with Gasteiger partial charge in [0, 0.05) is 5.22 Å². The SMILES string of the molecule is CC(C)c1n[nH]c2c1=CCCC=2. The molecule has 0 aliphatic heterocycles. The van der Waals surface area contributed by atoms with E-state index in [2.05, 4.69) is 36.2 Å². The van der Waals surface area contributed by atoms with E-state index < -0.39 is 0 Å². The first-order valence-corrected chi connectivity index (χ1v) is 4.53. The lowest BCUT2D eigenvalue weighted by atomic mass is 10.1. The average molecular weight is 162 g/mol. The number of hydrogen-bond donors (Lipinski definition) is 1. The highest BCUT2D eigenvalue weighted by Gasteiger charge is 2.06. The topological polar surface area (TPSA) is 28.7 Å². The molecule has 0 unspecified atom stereocenters. The van der Waals surface area contributed by atoms with Gasteiger partial charge in [-0.15, -0.1) is 0 Å². The Bertz CT molecular complexity index is 384. The highest BCUT2D eigenvalue weighted by atomic mass is 15.1. The summed E-state index contributed by atoms with van der Waals surface area (Å²) >= 11 is 0. The van der Waals surface area contributed by atoms with Crippen molar-refractivity contribution in [1.29, 1.82) is 0 Å². The number of aromatic amines is 1. The van der Waals surface area contributed by atoms with Crippen LogP contribution in [0.15, 0.2) is 0 Å². The van der Waals surface area contributed by atoms with E-state index >= 15 is 0 Å². The largest absolute Gasteiger partial charge is 0.278 e. The number of nitrogens with one attached hydrogen (secondary N) is 1. The summed E-state index contributed by atoms with van der Waals surface area (Å²) in [4.78, 5) is 0. The van der Waals surface area contributed by atoms with Crippen LogP contribution in [0.3, 0.4) is 0 Å². The summed E-state index contributed by atoms with van der Waals surface area (Å²) in [7, 11) is 0. The van der Waals surface area contributed by atoms with Crippen molar-refractivity contribution >= 4 is 12.2 Å². The highest BCUT2D eigenvalue weighted by Crippen LogP contribution is 2.05. The zero-order valence-electron chi connectivity index (χ0n) is 7.59. The Morgan fingerprint density at radius 3 is 2.83 bits per heavy atom. The van der Waals surface area contributed by atoms with Gasteiger partial charge < -0.3 is 0 Å². The van der Waals surface area contributed by atoms with Crippen molar-refractivity contribution in [2.75, 3.05) is 0 Å². The zero-order valence-corrected chi connectivity index (χ0v) is 7.59. The Hall–Kier alpha value is -1.05. The van der Waals surface area contributed by atoms with E-state index in [9.17, 15) is 0 Å². The van der Waals surface area contributed by atoms with E-state index in [1.807, 2.05) is 0 Å². The van der Waals surface area contributed by atoms with Crippen molar-refractivity contribution in [2.45, 2.75) is 32.6 Å². The molecule has 0 spiro atoms. The molecule has 1 aliphatic rings. The van der Waals surface area contributed by atoms with Gasteiger partial charge in [0.05, 0.1) is 11.0 Å². The highest BCUT2D eigenvalue weighted by molar-refractivity contribution is 5.37. The molecule has 1 aliphatic carbocycles. The number of fused-ring (bicyclic) bond motifs is 1. The predicted octanol–water partition coefficient (Wildman–Crippen LogP) is 0.888. The van der Waals surface area contributed by atoms with Crippen molar-refractivity contribution in [1.82, 2.24) is 10.2 Å². The molecule has 2 nitrogen and oxygen atoms in total. The quantitative estimate of drug-likeness (QED) is 0.652. The molecule has 0 atom stereocenters. The van der Waals surface area contributed by atoms with Crippen LogP contribution < -0.4 is 10.6 Å². The Kier molecular flexibility index (Phi) is 1.75. The van der Waals surface area contributed by atoms with Gasteiger partial charge in [-0.25, -0.2) is 0 Å². The van der Waals surface area contributed by atoms with E-state index in [0.717, 1.165) is 12.8 Å². The van der Waals surface area contributed by atoms with Gasteiger partial charge in [0.25, 0.3) is 0 Å². The maximum Gasteiger partial charge on any atom is 0.0722 e. The first-order valence-electron chi connectivity index (χ1n) is 4.53. The van der Waals surface area contributed by atoms with Gasteiger partial charge in [0.15, 0.2) is 0 Å². The first kappa shape index (κ1) is 7.59. The second-order valence-corrected chi connectivity index (χ2v) is 3.58. The molecular weight excluding hydrogens is 148 g/mol. The van der Waals surface area contributed by atoms with E-state index in [1.165, 1.54) is 16.3 Å². The molecule has 0 amide bonds. The lowest BCUT2D eigenvalue weighted by Crippen LogP contribution is -2.27. The minimum absolute atomic E-state index is 0.521. The Morgan fingerprint density at radius 2 is 2.08 bits per heavy atom. The van der Waals surface area contributed by atoms with Crippen LogP contribution in [0, 0.1) is 0 Å². The molecule has 0 fully saturated rings. The zero-order chi connectivity index (χ0) is 8.55. The van der Waals surface area contributed by atoms with Crippen LogP contribution in [0.4, 0.5) is 0 Å². The molecule has 1 aromatic heterocycles. The summed E-state index contributed by atoms with van der Waals surface area (Å²) in [5.74, 6) is 0.521. The van der Waals surface area contributed by atoms with Gasteiger partial charge >= 0.3 is 0 Å². The average Bonchev–Trinajstić information content (AvgIpc) is 2.47. The Morgan fingerprint density at radius 1 is 1.33 bits per heavy atom. The van der Waals surface area contributed by atoms with Crippen molar-refractivity contribution in [3.63, 3.8) is 0 Å². The van der Waals surface area contributed by atoms with E-state index in [0.29, 0.717) is 5.92 Å². The third-order valence-electron chi connectivity index (χ3n) is 2.27. The Labute approximate surface area is 72.0 Å². The summed E-state index contributed by atoms with van der Waals surface area (Å²) in [6, 6.07) is 0. The molecule has 0 aromatic carbocycles. The smallest absolute Gasteiger partial charge is 0.0722 e. The molecule has 2 heteroatoms. The predicted molar refractivity (Wildman–Crippen MR) is 50.1 cm³/mol. The van der Waals surface area contributed by atoms with Crippen LogP contribution in [-0.4, -0.2) is 10.2 Å². The third-order valence-corrected chi connectivity index (χ3v) is 2.27. The normalized spacial score (nSPS) is 15.2. The van der Waals surface area contributed by atoms with Crippen LogP contribution in [0.25, 0.3) is 12.2 Å². The molecule has 0 saturated heterocycles. The van der Waals surface area contributed by atoms with Crippen molar-refractivity contribution < 1.29 is 0 Å². The summed E-state index contributed by atoms with van der Waals surface area (Å²) < 4.78 is 0.